The van der Waals surface area contributed by atoms with Crippen molar-refractivity contribution in [2.24, 2.45) is 0 Å². The molecule has 0 aliphatic rings. The number of halogens is 3. The molecule has 0 aromatic heterocycles. The van der Waals surface area contributed by atoms with E-state index in [1.54, 1.807) is 97.1 Å². The van der Waals surface area contributed by atoms with Gasteiger partial charge < -0.3 is 37.6 Å². The minimum absolute atomic E-state index is 0. The number of phosphoric acid groups is 1. The molecule has 1 N–H and O–H groups in total. The molecule has 4 aromatic rings. The second-order valence-corrected chi connectivity index (χ2v) is 15.8. The normalized spacial score (nSPS) is 10.2. The van der Waals surface area contributed by atoms with Crippen molar-refractivity contribution in [3.05, 3.63) is 97.1 Å². The number of phenols is 1. The first-order valence-electron chi connectivity index (χ1n) is 12.0. The Bertz CT molecular complexity index is 1400. The number of hydrogen-bond acceptors (Lipinski definition) is 10. The highest BCUT2D eigenvalue weighted by Gasteiger charge is 2.36. The van der Waals surface area contributed by atoms with Gasteiger partial charge in [0.25, 0.3) is 0 Å². The predicted molar refractivity (Wildman–Crippen MR) is 175 cm³/mol. The Morgan fingerprint density at radius 2 is 0.705 bits per heavy atom. The molecule has 44 heavy (non-hydrogen) atoms. The van der Waals surface area contributed by atoms with Crippen LogP contribution in [-0.4, -0.2) is 33.5 Å². The molecule has 0 radical (unpaired) electrons. The maximum Gasteiger partial charge on any atom is 0.647 e. The van der Waals surface area contributed by atoms with E-state index in [-0.39, 0.29) is 30.4 Å². The Morgan fingerprint density at radius 3 is 0.932 bits per heavy atom. The summed E-state index contributed by atoms with van der Waals surface area (Å²) < 4.78 is 60.9. The number of ether oxygens (including phenoxy) is 4. The lowest BCUT2D eigenvalue weighted by molar-refractivity contribution is 0.278. The molecule has 4 rings (SSSR count). The maximum atomic E-state index is 13.7. The zero-order valence-corrected chi connectivity index (χ0v) is 27.4. The van der Waals surface area contributed by atoms with Gasteiger partial charge in [-0.2, -0.15) is 4.57 Å². The first-order valence-corrected chi connectivity index (χ1v) is 17.9. The molecular weight excluding hydrogens is 677 g/mol. The van der Waals surface area contributed by atoms with Crippen LogP contribution in [0.2, 0.25) is 0 Å². The summed E-state index contributed by atoms with van der Waals surface area (Å²) in [6.45, 7) is 0. The van der Waals surface area contributed by atoms with Gasteiger partial charge in [0.1, 0.15) is 0 Å². The monoisotopic (exact) mass is 708 g/mol. The number of phenolic OH excluding ortho intramolecular Hbond substituents is 1. The van der Waals surface area contributed by atoms with Crippen LogP contribution in [0.15, 0.2) is 97.1 Å². The average molecular weight is 710 g/mol. The van der Waals surface area contributed by atoms with Crippen molar-refractivity contribution in [1.29, 1.82) is 0 Å². The summed E-state index contributed by atoms with van der Waals surface area (Å²) in [4.78, 5) is 0. The van der Waals surface area contributed by atoms with E-state index < -0.39 is 13.0 Å². The van der Waals surface area contributed by atoms with Crippen LogP contribution in [0, 0.1) is 0 Å². The predicted octanol–water partition coefficient (Wildman–Crippen LogP) is 10.2. The van der Waals surface area contributed by atoms with E-state index in [2.05, 4.69) is 33.7 Å². The molecule has 0 unspecified atom stereocenters. The molecule has 0 spiro atoms. The van der Waals surface area contributed by atoms with Crippen LogP contribution >= 0.6 is 46.7 Å². The van der Waals surface area contributed by atoms with E-state index in [1.165, 1.54) is 28.4 Å². The van der Waals surface area contributed by atoms with Crippen molar-refractivity contribution in [3.8, 4) is 46.0 Å². The third kappa shape index (κ3) is 13.5. The van der Waals surface area contributed by atoms with Gasteiger partial charge in [-0.1, -0.05) is 56.0 Å². The molecule has 0 aliphatic heterocycles. The fourth-order valence-electron chi connectivity index (χ4n) is 3.13. The zero-order chi connectivity index (χ0) is 31.9. The molecule has 240 valence electrons. The molecule has 0 saturated heterocycles. The Hall–Kier alpha value is -3.39. The molecule has 0 bridgehead atoms. The lowest BCUT2D eigenvalue weighted by Crippen LogP contribution is -2.09. The van der Waals surface area contributed by atoms with Crippen molar-refractivity contribution in [2.45, 2.75) is 7.43 Å². The van der Waals surface area contributed by atoms with E-state index >= 15 is 0 Å². The highest BCUT2D eigenvalue weighted by molar-refractivity contribution is 8.24. The molecule has 15 heteroatoms. The molecule has 0 amide bonds. The van der Waals surface area contributed by atoms with Gasteiger partial charge in [0.15, 0.2) is 46.0 Å². The van der Waals surface area contributed by atoms with Crippen LogP contribution in [0.25, 0.3) is 0 Å². The lowest BCUT2D eigenvalue weighted by Gasteiger charge is -2.22. The van der Waals surface area contributed by atoms with Crippen LogP contribution in [-0.2, 0) is 9.13 Å². The first kappa shape index (κ1) is 38.6. The highest BCUT2D eigenvalue weighted by atomic mass is 36.0. The van der Waals surface area contributed by atoms with Crippen LogP contribution in [0.4, 0.5) is 0 Å². The minimum Gasteiger partial charge on any atom is -0.504 e. The van der Waals surface area contributed by atoms with E-state index in [0.29, 0.717) is 23.0 Å². The Labute approximate surface area is 271 Å². The van der Waals surface area contributed by atoms with Crippen LogP contribution < -0.4 is 32.5 Å². The van der Waals surface area contributed by atoms with Crippen molar-refractivity contribution in [2.75, 3.05) is 28.4 Å². The standard InChI is InChI=1S/C21H21O7P.C7H8O2.CH4.Cl3OP/c1-23-16-10-4-7-13-19(16)26-29(22,27-20-14-8-5-11-17(20)24-2)28-21-15-9-6-12-18(21)25-3;1-9-7-5-3-2-4-6(7)8;;1-5(2,3)4/h4-15H,1-3H3;2-5,8H,1H3;1H4;. The fraction of sp³-hybridized carbons (Fsp3) is 0.172. The SMILES string of the molecule is C.COc1ccccc1O.COc1ccccc1OP(=O)(Oc1ccccc1OC)Oc1ccccc1OC.O=P(Cl)(Cl)Cl. The van der Waals surface area contributed by atoms with Crippen LogP contribution in [0.1, 0.15) is 7.43 Å². The molecule has 0 aliphatic carbocycles. The molecule has 4 aromatic carbocycles. The summed E-state index contributed by atoms with van der Waals surface area (Å²) in [5, 5.41) is 5.76. The van der Waals surface area contributed by atoms with E-state index in [0.717, 1.165) is 0 Å². The second-order valence-electron chi connectivity index (χ2n) is 7.74. The number of methoxy groups -OCH3 is 4. The van der Waals surface area contributed by atoms with E-state index in [4.69, 9.17) is 37.6 Å². The summed E-state index contributed by atoms with van der Waals surface area (Å²) in [6.07, 6.45) is 0. The van der Waals surface area contributed by atoms with Gasteiger partial charge >= 0.3 is 13.0 Å². The van der Waals surface area contributed by atoms with Gasteiger partial charge in [-0.05, 0) is 82.3 Å². The molecule has 10 nitrogen and oxygen atoms in total. The molecule has 0 atom stereocenters. The van der Waals surface area contributed by atoms with Gasteiger partial charge in [0, 0.05) is 0 Å². The number of aromatic hydroxyl groups is 1. The topological polar surface area (TPSA) is 119 Å². The van der Waals surface area contributed by atoms with Gasteiger partial charge in [-0.15, -0.1) is 0 Å². The second kappa shape index (κ2) is 19.1. The van der Waals surface area contributed by atoms with Gasteiger partial charge in [-0.25, -0.2) is 0 Å². The average Bonchev–Trinajstić information content (AvgIpc) is 2.97. The third-order valence-corrected chi connectivity index (χ3v) is 6.18. The Balaban J connectivity index is 0.000000534. The number of phosphoric ester groups is 1. The molecule has 0 heterocycles. The van der Waals surface area contributed by atoms with E-state index in [9.17, 15) is 9.13 Å². The quantitative estimate of drug-likeness (QED) is 0.159. The summed E-state index contributed by atoms with van der Waals surface area (Å²) in [5.74, 6) is 2.41. The van der Waals surface area contributed by atoms with Gasteiger partial charge in [-0.3, -0.25) is 4.57 Å². The smallest absolute Gasteiger partial charge is 0.504 e. The summed E-state index contributed by atoms with van der Waals surface area (Å²) >= 11 is 13.8. The summed E-state index contributed by atoms with van der Waals surface area (Å²) in [7, 11) is 1.72. The molecule has 0 fully saturated rings. The van der Waals surface area contributed by atoms with Crippen molar-refractivity contribution in [3.63, 3.8) is 0 Å². The molecule has 0 saturated carbocycles. The summed E-state index contributed by atoms with van der Waals surface area (Å²) in [6, 6.07) is 27.1. The number of benzene rings is 4. The summed E-state index contributed by atoms with van der Waals surface area (Å²) in [5.41, 5.74) is 0. The lowest BCUT2D eigenvalue weighted by atomic mass is 10.3. The fourth-order valence-corrected chi connectivity index (χ4v) is 4.42. The van der Waals surface area contributed by atoms with Crippen molar-refractivity contribution in [1.82, 2.24) is 0 Å². The number of rotatable bonds is 10. The zero-order valence-electron chi connectivity index (χ0n) is 23.4. The van der Waals surface area contributed by atoms with Crippen LogP contribution in [0.3, 0.4) is 0 Å². The number of para-hydroxylation sites is 8. The third-order valence-electron chi connectivity index (χ3n) is 4.92. The van der Waals surface area contributed by atoms with Crippen molar-refractivity contribution < 1.29 is 46.8 Å². The Kier molecular flexibility index (Phi) is 16.8. The highest BCUT2D eigenvalue weighted by Crippen LogP contribution is 2.61. The molecular formula is C29H33Cl3O10P2. The maximum absolute atomic E-state index is 13.7. The number of hydrogen-bond donors (Lipinski definition) is 1. The van der Waals surface area contributed by atoms with Gasteiger partial charge in [0.05, 0.1) is 28.4 Å². The first-order chi connectivity index (χ1) is 20.4. The Morgan fingerprint density at radius 1 is 0.477 bits per heavy atom. The minimum atomic E-state index is -4.25. The van der Waals surface area contributed by atoms with Gasteiger partial charge in [0.2, 0.25) is 0 Å². The van der Waals surface area contributed by atoms with Crippen molar-refractivity contribution >= 4 is 46.7 Å². The van der Waals surface area contributed by atoms with Crippen LogP contribution in [0.5, 0.6) is 46.0 Å². The van der Waals surface area contributed by atoms with E-state index in [1.807, 2.05) is 0 Å². The largest absolute Gasteiger partial charge is 0.647 e.